The van der Waals surface area contributed by atoms with Crippen LogP contribution in [0.2, 0.25) is 0 Å². The van der Waals surface area contributed by atoms with Crippen LogP contribution in [0.5, 0.6) is 5.75 Å². The van der Waals surface area contributed by atoms with Gasteiger partial charge in [-0.3, -0.25) is 0 Å². The monoisotopic (exact) mass is 348 g/mol. The molecule has 0 radical (unpaired) electrons. The van der Waals surface area contributed by atoms with Gasteiger partial charge in [0, 0.05) is 5.39 Å². The molecular formula is C17H13FO5S. The second kappa shape index (κ2) is 5.76. The topological polar surface area (TPSA) is 73.6 Å². The maximum atomic E-state index is 13.4. The predicted octanol–water partition coefficient (Wildman–Crippen LogP) is 3.08. The first kappa shape index (κ1) is 16.2. The zero-order valence-corrected chi connectivity index (χ0v) is 13.7. The first-order valence-electron chi connectivity index (χ1n) is 6.96. The minimum absolute atomic E-state index is 0.169. The van der Waals surface area contributed by atoms with Gasteiger partial charge in [0.15, 0.2) is 4.90 Å². The van der Waals surface area contributed by atoms with E-state index < -0.39 is 26.2 Å². The average molecular weight is 348 g/mol. The highest BCUT2D eigenvalue weighted by Gasteiger charge is 2.24. The Balaban J connectivity index is 2.25. The molecule has 0 N–H and O–H groups in total. The lowest BCUT2D eigenvalue weighted by atomic mass is 10.2. The van der Waals surface area contributed by atoms with Crippen molar-refractivity contribution in [2.45, 2.75) is 16.7 Å². The van der Waals surface area contributed by atoms with Crippen molar-refractivity contribution < 1.29 is 22.0 Å². The molecule has 0 aliphatic rings. The maximum absolute atomic E-state index is 13.4. The fourth-order valence-electron chi connectivity index (χ4n) is 2.31. The van der Waals surface area contributed by atoms with Gasteiger partial charge in [0.05, 0.1) is 12.0 Å². The molecule has 3 rings (SSSR count). The van der Waals surface area contributed by atoms with Gasteiger partial charge in [-0.15, -0.1) is 0 Å². The summed E-state index contributed by atoms with van der Waals surface area (Å²) in [5.74, 6) is -0.0263. The second-order valence-electron chi connectivity index (χ2n) is 5.22. The van der Waals surface area contributed by atoms with Crippen LogP contribution < -0.4 is 10.4 Å². The molecule has 0 fully saturated rings. The van der Waals surface area contributed by atoms with Crippen LogP contribution in [0.15, 0.2) is 61.5 Å². The number of benzene rings is 2. The molecule has 124 valence electrons. The number of aryl methyl sites for hydroxylation is 1. The molecule has 1 heterocycles. The molecule has 0 spiro atoms. The van der Waals surface area contributed by atoms with Gasteiger partial charge in [-0.2, -0.15) is 0 Å². The van der Waals surface area contributed by atoms with E-state index in [-0.39, 0.29) is 16.0 Å². The van der Waals surface area contributed by atoms with Crippen LogP contribution in [0.1, 0.15) is 5.56 Å². The average Bonchev–Trinajstić information content (AvgIpc) is 2.56. The van der Waals surface area contributed by atoms with E-state index in [2.05, 4.69) is 0 Å². The molecule has 2 aromatic carbocycles. The molecule has 24 heavy (non-hydrogen) atoms. The van der Waals surface area contributed by atoms with Crippen molar-refractivity contribution in [3.63, 3.8) is 0 Å². The Hall–Kier alpha value is -2.67. The quantitative estimate of drug-likeness (QED) is 0.537. The highest BCUT2D eigenvalue weighted by Crippen LogP contribution is 2.25. The largest absolute Gasteiger partial charge is 0.497 e. The van der Waals surface area contributed by atoms with E-state index in [1.165, 1.54) is 32.2 Å². The molecule has 0 bridgehead atoms. The smallest absolute Gasteiger partial charge is 0.355 e. The van der Waals surface area contributed by atoms with E-state index in [1.807, 2.05) is 0 Å². The Morgan fingerprint density at radius 1 is 1.08 bits per heavy atom. The van der Waals surface area contributed by atoms with Crippen molar-refractivity contribution in [3.8, 4) is 5.75 Å². The summed E-state index contributed by atoms with van der Waals surface area (Å²) in [6.45, 7) is 1.45. The molecular weight excluding hydrogens is 335 g/mol. The number of ether oxygens (including phenoxy) is 1. The van der Waals surface area contributed by atoms with Gasteiger partial charge in [-0.25, -0.2) is 17.6 Å². The molecule has 0 unspecified atom stereocenters. The summed E-state index contributed by atoms with van der Waals surface area (Å²) in [5, 5.41) is 0.409. The Bertz CT molecular complexity index is 1100. The van der Waals surface area contributed by atoms with E-state index in [0.29, 0.717) is 11.1 Å². The molecule has 3 aromatic rings. The molecule has 0 saturated heterocycles. The molecule has 0 saturated carbocycles. The normalized spacial score (nSPS) is 11.6. The Labute approximate surface area is 137 Å². The lowest BCUT2D eigenvalue weighted by molar-refractivity contribution is 0.415. The minimum Gasteiger partial charge on any atom is -0.497 e. The first-order chi connectivity index (χ1) is 11.3. The number of methoxy groups -OCH3 is 1. The Kier molecular flexibility index (Phi) is 3.88. The third-order valence-electron chi connectivity index (χ3n) is 3.64. The van der Waals surface area contributed by atoms with Gasteiger partial charge in [-0.1, -0.05) is 0 Å². The summed E-state index contributed by atoms with van der Waals surface area (Å²) < 4.78 is 48.9. The van der Waals surface area contributed by atoms with Crippen LogP contribution >= 0.6 is 0 Å². The van der Waals surface area contributed by atoms with E-state index >= 15 is 0 Å². The third-order valence-corrected chi connectivity index (χ3v) is 5.37. The number of fused-ring (bicyclic) bond motifs is 1. The predicted molar refractivity (Wildman–Crippen MR) is 85.6 cm³/mol. The lowest BCUT2D eigenvalue weighted by Gasteiger charge is -2.07. The van der Waals surface area contributed by atoms with Gasteiger partial charge >= 0.3 is 5.63 Å². The highest BCUT2D eigenvalue weighted by molar-refractivity contribution is 7.91. The zero-order chi connectivity index (χ0) is 17.5. The van der Waals surface area contributed by atoms with Crippen LogP contribution in [0, 0.1) is 12.7 Å². The minimum atomic E-state index is -4.13. The third kappa shape index (κ3) is 2.67. The molecule has 0 amide bonds. The zero-order valence-electron chi connectivity index (χ0n) is 12.9. The summed E-state index contributed by atoms with van der Waals surface area (Å²) in [7, 11) is -2.66. The van der Waals surface area contributed by atoms with E-state index in [0.717, 1.165) is 12.1 Å². The van der Waals surface area contributed by atoms with Crippen LogP contribution in [0.4, 0.5) is 4.39 Å². The summed E-state index contributed by atoms with van der Waals surface area (Å²) in [5.41, 5.74) is -0.562. The van der Waals surface area contributed by atoms with Gasteiger partial charge in [0.1, 0.15) is 17.1 Å². The molecule has 0 aliphatic carbocycles. The summed E-state index contributed by atoms with van der Waals surface area (Å²) in [4.78, 5) is 11.4. The van der Waals surface area contributed by atoms with Crippen LogP contribution in [0.3, 0.4) is 0 Å². The molecule has 0 atom stereocenters. The van der Waals surface area contributed by atoms with Gasteiger partial charge in [0.25, 0.3) is 0 Å². The van der Waals surface area contributed by atoms with Crippen molar-refractivity contribution in [1.29, 1.82) is 0 Å². The molecule has 0 aliphatic heterocycles. The van der Waals surface area contributed by atoms with Gasteiger partial charge in [0.2, 0.25) is 9.84 Å². The summed E-state index contributed by atoms with van der Waals surface area (Å²) in [6.07, 6.45) is 0. The number of sulfone groups is 1. The van der Waals surface area contributed by atoms with E-state index in [1.54, 1.807) is 12.1 Å². The molecule has 5 nitrogen and oxygen atoms in total. The van der Waals surface area contributed by atoms with Gasteiger partial charge < -0.3 is 9.15 Å². The maximum Gasteiger partial charge on any atom is 0.355 e. The number of hydrogen-bond donors (Lipinski definition) is 0. The number of halogens is 1. The summed E-state index contributed by atoms with van der Waals surface area (Å²) in [6, 6.07) is 9.27. The number of hydrogen-bond acceptors (Lipinski definition) is 5. The van der Waals surface area contributed by atoms with Crippen molar-refractivity contribution in [3.05, 3.63) is 64.3 Å². The van der Waals surface area contributed by atoms with Crippen molar-refractivity contribution in [1.82, 2.24) is 0 Å². The fraction of sp³-hybridized carbons (Fsp3) is 0.118. The molecule has 1 aromatic heterocycles. The van der Waals surface area contributed by atoms with E-state index in [4.69, 9.17) is 9.15 Å². The van der Waals surface area contributed by atoms with Crippen molar-refractivity contribution in [2.75, 3.05) is 7.11 Å². The Morgan fingerprint density at radius 3 is 2.50 bits per heavy atom. The number of rotatable bonds is 3. The SMILES string of the molecule is COc1ccc2oc(=O)c(S(=O)(=O)c3ccc(F)c(C)c3)cc2c1. The highest BCUT2D eigenvalue weighted by atomic mass is 32.2. The first-order valence-corrected chi connectivity index (χ1v) is 8.44. The lowest BCUT2D eigenvalue weighted by Crippen LogP contribution is -2.14. The van der Waals surface area contributed by atoms with Crippen LogP contribution in [-0.4, -0.2) is 15.5 Å². The second-order valence-corrected chi connectivity index (χ2v) is 7.13. The van der Waals surface area contributed by atoms with Crippen LogP contribution in [0.25, 0.3) is 11.0 Å². The summed E-state index contributed by atoms with van der Waals surface area (Å²) >= 11 is 0. The van der Waals surface area contributed by atoms with Gasteiger partial charge in [-0.05, 0) is 55.0 Å². The molecule has 7 heteroatoms. The van der Waals surface area contributed by atoms with Crippen LogP contribution in [-0.2, 0) is 9.84 Å². The van der Waals surface area contributed by atoms with Crippen molar-refractivity contribution >= 4 is 20.8 Å². The standard InChI is InChI=1S/C17H13FO5S/c1-10-7-13(4-5-14(10)18)24(20,21)16-9-11-8-12(22-2)3-6-15(11)23-17(16)19/h3-9H,1-2H3. The van der Waals surface area contributed by atoms with E-state index in [9.17, 15) is 17.6 Å². The fourth-order valence-corrected chi connectivity index (χ4v) is 3.68. The van der Waals surface area contributed by atoms with Crippen molar-refractivity contribution in [2.24, 2.45) is 0 Å². The Morgan fingerprint density at radius 2 is 1.83 bits per heavy atom.